The van der Waals surface area contributed by atoms with E-state index in [0.717, 1.165) is 57.8 Å². The fourth-order valence-electron chi connectivity index (χ4n) is 3.37. The van der Waals surface area contributed by atoms with Gasteiger partial charge in [-0.25, -0.2) is 0 Å². The summed E-state index contributed by atoms with van der Waals surface area (Å²) in [4.78, 5) is 23.1. The van der Waals surface area contributed by atoms with Gasteiger partial charge < -0.3 is 14.3 Å². The number of hydrogen-bond donors (Lipinski definition) is 1. The number of hydrogen-bond acceptors (Lipinski definition) is 3. The lowest BCUT2D eigenvalue weighted by molar-refractivity contribution is -0.873. The predicted octanol–water partition coefficient (Wildman–Crippen LogP) is 7.34. The van der Waals surface area contributed by atoms with Crippen LogP contribution in [0.5, 0.6) is 0 Å². The molecule has 0 amide bonds. The first-order chi connectivity index (χ1) is 17.2. The third-order valence-electron chi connectivity index (χ3n) is 5.05. The Kier molecular flexibility index (Phi) is 21.1. The molecule has 0 spiro atoms. The highest BCUT2D eigenvalue weighted by atomic mass is 16.5. The Morgan fingerprint density at radius 3 is 1.58 bits per heavy atom. The zero-order valence-corrected chi connectivity index (χ0v) is 23.1. The van der Waals surface area contributed by atoms with E-state index in [1.165, 1.54) is 0 Å². The average molecular weight is 501 g/mol. The molecule has 0 aliphatic carbocycles. The molecule has 0 saturated carbocycles. The van der Waals surface area contributed by atoms with Gasteiger partial charge in [-0.2, -0.15) is 0 Å². The Hall–Kier alpha value is -2.66. The molecule has 0 bridgehead atoms. The van der Waals surface area contributed by atoms with Crippen LogP contribution in [0.1, 0.15) is 77.6 Å². The van der Waals surface area contributed by atoms with E-state index in [0.29, 0.717) is 17.4 Å². The quantitative estimate of drug-likeness (QED) is 0.0775. The van der Waals surface area contributed by atoms with Crippen LogP contribution in [0, 0.1) is 0 Å². The number of allylic oxidation sites excluding steroid dienone is 12. The number of nitrogens with zero attached hydrogens (tertiary/aromatic N) is 1. The SMILES string of the molecule is CC/C=C/C/C=C\C/C=C\C/C=C/C/C=C/C/C=C/CCCCC(=O)OC(CC(=O)O)C[N+](C)(C)C. The summed E-state index contributed by atoms with van der Waals surface area (Å²) in [5.41, 5.74) is 0. The van der Waals surface area contributed by atoms with Crippen LogP contribution in [0.15, 0.2) is 72.9 Å². The number of likely N-dealkylation sites (N-methyl/N-ethyl adjacent to an activating group) is 1. The second kappa shape index (κ2) is 22.8. The van der Waals surface area contributed by atoms with Crippen molar-refractivity contribution in [3.8, 4) is 0 Å². The van der Waals surface area contributed by atoms with Gasteiger partial charge >= 0.3 is 11.9 Å². The van der Waals surface area contributed by atoms with Crippen molar-refractivity contribution in [1.82, 2.24) is 0 Å². The van der Waals surface area contributed by atoms with Gasteiger partial charge in [-0.1, -0.05) is 79.8 Å². The van der Waals surface area contributed by atoms with E-state index in [-0.39, 0.29) is 12.4 Å². The number of esters is 1. The largest absolute Gasteiger partial charge is 0.481 e. The van der Waals surface area contributed by atoms with Crippen LogP contribution < -0.4 is 0 Å². The first-order valence-electron chi connectivity index (χ1n) is 13.4. The monoisotopic (exact) mass is 500 g/mol. The summed E-state index contributed by atoms with van der Waals surface area (Å²) in [5.74, 6) is -1.25. The summed E-state index contributed by atoms with van der Waals surface area (Å²) in [5, 5.41) is 9.03. The van der Waals surface area contributed by atoms with Gasteiger partial charge in [0, 0.05) is 6.42 Å². The molecule has 0 fully saturated rings. The van der Waals surface area contributed by atoms with Crippen LogP contribution in [0.4, 0.5) is 0 Å². The molecule has 0 aliphatic heterocycles. The van der Waals surface area contributed by atoms with Crippen LogP contribution in [-0.4, -0.2) is 55.3 Å². The minimum Gasteiger partial charge on any atom is -0.481 e. The molecule has 1 N–H and O–H groups in total. The van der Waals surface area contributed by atoms with E-state index in [4.69, 9.17) is 9.84 Å². The number of aliphatic carboxylic acids is 1. The highest BCUT2D eigenvalue weighted by molar-refractivity contribution is 5.71. The molecule has 0 aromatic heterocycles. The molecule has 0 aliphatic rings. The Morgan fingerprint density at radius 2 is 1.17 bits per heavy atom. The minimum atomic E-state index is -0.945. The Labute approximate surface area is 220 Å². The van der Waals surface area contributed by atoms with E-state index in [1.807, 2.05) is 21.1 Å². The van der Waals surface area contributed by atoms with Crippen LogP contribution in [-0.2, 0) is 14.3 Å². The maximum absolute atomic E-state index is 12.1. The van der Waals surface area contributed by atoms with Crippen molar-refractivity contribution in [2.45, 2.75) is 83.7 Å². The summed E-state index contributed by atoms with van der Waals surface area (Å²) in [6.45, 7) is 2.63. The molecule has 0 aromatic carbocycles. The van der Waals surface area contributed by atoms with E-state index in [1.54, 1.807) is 0 Å². The fraction of sp³-hybridized carbons (Fsp3) is 0.548. The third kappa shape index (κ3) is 26.0. The molecule has 1 atom stereocenters. The van der Waals surface area contributed by atoms with Crippen molar-refractivity contribution in [2.75, 3.05) is 27.7 Å². The van der Waals surface area contributed by atoms with Crippen molar-refractivity contribution >= 4 is 11.9 Å². The minimum absolute atomic E-state index is 0.153. The Balaban J connectivity index is 3.81. The van der Waals surface area contributed by atoms with Gasteiger partial charge in [0.1, 0.15) is 6.54 Å². The van der Waals surface area contributed by atoms with Crippen molar-refractivity contribution in [3.63, 3.8) is 0 Å². The van der Waals surface area contributed by atoms with Crippen LogP contribution in [0.3, 0.4) is 0 Å². The molecule has 0 aromatic rings. The Bertz CT molecular complexity index is 751. The smallest absolute Gasteiger partial charge is 0.307 e. The molecule has 36 heavy (non-hydrogen) atoms. The predicted molar refractivity (Wildman–Crippen MR) is 152 cm³/mol. The van der Waals surface area contributed by atoms with E-state index in [9.17, 15) is 9.59 Å². The second-order valence-corrected chi connectivity index (χ2v) is 9.84. The number of ether oxygens (including phenoxy) is 1. The van der Waals surface area contributed by atoms with Crippen molar-refractivity contribution in [2.24, 2.45) is 0 Å². The van der Waals surface area contributed by atoms with Gasteiger partial charge in [0.25, 0.3) is 0 Å². The molecule has 1 unspecified atom stereocenters. The number of carbonyl (C=O) groups is 2. The van der Waals surface area contributed by atoms with Crippen LogP contribution >= 0.6 is 0 Å². The number of rotatable bonds is 21. The lowest BCUT2D eigenvalue weighted by atomic mass is 10.1. The van der Waals surface area contributed by atoms with Gasteiger partial charge in [0.2, 0.25) is 0 Å². The van der Waals surface area contributed by atoms with Gasteiger partial charge in [-0.3, -0.25) is 9.59 Å². The zero-order valence-electron chi connectivity index (χ0n) is 23.1. The lowest BCUT2D eigenvalue weighted by Gasteiger charge is -2.28. The molecular weight excluding hydrogens is 450 g/mol. The van der Waals surface area contributed by atoms with Gasteiger partial charge in [0.15, 0.2) is 6.10 Å². The van der Waals surface area contributed by atoms with E-state index < -0.39 is 12.1 Å². The summed E-state index contributed by atoms with van der Waals surface area (Å²) in [6, 6.07) is 0. The summed E-state index contributed by atoms with van der Waals surface area (Å²) in [7, 11) is 5.86. The standard InChI is InChI=1S/C31H49NO4/c1-5-6-7-8-9-10-11-12-13-14-15-16-17-18-19-20-21-22-23-24-25-26-31(35)36-29(27-30(33)34)28-32(2,3)4/h6-7,9-10,12-13,15-16,18-19,21-22,29H,5,8,11,14,17,20,23-28H2,1-4H3/p+1/b7-6+,10-9-,13-12-,16-15+,19-18+,22-21+. The molecule has 0 rings (SSSR count). The van der Waals surface area contributed by atoms with Crippen molar-refractivity contribution in [1.29, 1.82) is 0 Å². The molecule has 5 heteroatoms. The lowest BCUT2D eigenvalue weighted by Crippen LogP contribution is -2.43. The normalized spacial score (nSPS) is 13.9. The zero-order chi connectivity index (χ0) is 26.9. The van der Waals surface area contributed by atoms with E-state index >= 15 is 0 Å². The number of carbonyl (C=O) groups excluding carboxylic acids is 1. The summed E-state index contributed by atoms with van der Waals surface area (Å²) < 4.78 is 5.95. The molecule has 202 valence electrons. The van der Waals surface area contributed by atoms with Gasteiger partial charge in [0.05, 0.1) is 27.6 Å². The second-order valence-electron chi connectivity index (χ2n) is 9.84. The first kappa shape index (κ1) is 33.3. The molecular formula is C31H50NO4+. The molecule has 0 heterocycles. The average Bonchev–Trinajstić information content (AvgIpc) is 2.78. The van der Waals surface area contributed by atoms with Crippen molar-refractivity contribution in [3.05, 3.63) is 72.9 Å². The highest BCUT2D eigenvalue weighted by Crippen LogP contribution is 2.09. The van der Waals surface area contributed by atoms with Crippen molar-refractivity contribution < 1.29 is 23.9 Å². The van der Waals surface area contributed by atoms with Gasteiger partial charge in [-0.05, 0) is 57.8 Å². The molecule has 0 saturated heterocycles. The summed E-state index contributed by atoms with van der Waals surface area (Å²) in [6.07, 6.45) is 34.4. The number of carboxylic acids is 1. The topological polar surface area (TPSA) is 63.6 Å². The van der Waals surface area contributed by atoms with Gasteiger partial charge in [-0.15, -0.1) is 0 Å². The van der Waals surface area contributed by atoms with Crippen LogP contribution in [0.25, 0.3) is 0 Å². The Morgan fingerprint density at radius 1 is 0.722 bits per heavy atom. The highest BCUT2D eigenvalue weighted by Gasteiger charge is 2.24. The maximum Gasteiger partial charge on any atom is 0.307 e. The number of quaternary nitrogens is 1. The number of unbranched alkanes of at least 4 members (excludes halogenated alkanes) is 2. The summed E-state index contributed by atoms with van der Waals surface area (Å²) >= 11 is 0. The van der Waals surface area contributed by atoms with E-state index in [2.05, 4.69) is 79.8 Å². The fourth-order valence-corrected chi connectivity index (χ4v) is 3.37. The van der Waals surface area contributed by atoms with Crippen LogP contribution in [0.2, 0.25) is 0 Å². The maximum atomic E-state index is 12.1. The first-order valence-corrected chi connectivity index (χ1v) is 13.4. The third-order valence-corrected chi connectivity index (χ3v) is 5.05. The molecule has 5 nitrogen and oxygen atoms in total. The molecule has 0 radical (unpaired) electrons. The number of carboxylic acid groups (broad SMARTS) is 1.